The van der Waals surface area contributed by atoms with Gasteiger partial charge in [0.15, 0.2) is 17.3 Å². The molecule has 0 unspecified atom stereocenters. The monoisotopic (exact) mass is 309 g/mol. The highest BCUT2D eigenvalue weighted by atomic mass is 16.4. The molecule has 4 rings (SSSR count). The second-order valence-electron chi connectivity index (χ2n) is 5.64. The lowest BCUT2D eigenvalue weighted by atomic mass is 10.2. The van der Waals surface area contributed by atoms with Gasteiger partial charge in [-0.1, -0.05) is 30.3 Å². The van der Waals surface area contributed by atoms with Gasteiger partial charge < -0.3 is 10.1 Å². The van der Waals surface area contributed by atoms with Crippen LogP contribution in [0.1, 0.15) is 40.6 Å². The van der Waals surface area contributed by atoms with Gasteiger partial charge in [-0.2, -0.15) is 5.10 Å². The molecule has 0 atom stereocenters. The Morgan fingerprint density at radius 2 is 2.09 bits per heavy atom. The molecule has 1 saturated carbocycles. The smallest absolute Gasteiger partial charge is 0.354 e. The minimum atomic E-state index is -1.06. The zero-order valence-electron chi connectivity index (χ0n) is 12.3. The summed E-state index contributed by atoms with van der Waals surface area (Å²) in [7, 11) is 0. The van der Waals surface area contributed by atoms with Crippen LogP contribution in [0.2, 0.25) is 0 Å². The summed E-state index contributed by atoms with van der Waals surface area (Å²) in [5, 5.41) is 13.9. The third kappa shape index (κ3) is 2.61. The molecule has 1 aromatic carbocycles. The molecule has 1 fully saturated rings. The average Bonchev–Trinajstić information content (AvgIpc) is 3.13. The van der Waals surface area contributed by atoms with Crippen LogP contribution >= 0.6 is 0 Å². The van der Waals surface area contributed by atoms with E-state index in [-0.39, 0.29) is 5.69 Å². The molecule has 2 aromatic heterocycles. The van der Waals surface area contributed by atoms with Gasteiger partial charge in [-0.25, -0.2) is 19.4 Å². The minimum Gasteiger partial charge on any atom is -0.477 e. The Kier molecular flexibility index (Phi) is 3.18. The number of imidazole rings is 1. The van der Waals surface area contributed by atoms with E-state index < -0.39 is 5.97 Å². The first-order valence-corrected chi connectivity index (χ1v) is 7.48. The van der Waals surface area contributed by atoms with Crippen molar-refractivity contribution in [1.82, 2.24) is 24.7 Å². The predicted molar refractivity (Wildman–Crippen MR) is 82.1 cm³/mol. The number of carboxylic acids is 1. The molecule has 23 heavy (non-hydrogen) atoms. The maximum absolute atomic E-state index is 11.4. The Labute approximate surface area is 132 Å². The molecule has 0 radical (unpaired) electrons. The van der Waals surface area contributed by atoms with Crippen molar-refractivity contribution in [2.45, 2.75) is 25.3 Å². The highest BCUT2D eigenvalue weighted by Gasteiger charge is 2.30. The Hall–Kier alpha value is -2.96. The Morgan fingerprint density at radius 1 is 1.30 bits per heavy atom. The summed E-state index contributed by atoms with van der Waals surface area (Å²) in [5.74, 6) is 0.599. The molecule has 0 amide bonds. The van der Waals surface area contributed by atoms with Crippen LogP contribution in [-0.2, 0) is 6.54 Å². The third-order valence-electron chi connectivity index (χ3n) is 3.87. The van der Waals surface area contributed by atoms with Crippen LogP contribution in [0.3, 0.4) is 0 Å². The number of aromatic nitrogens is 5. The summed E-state index contributed by atoms with van der Waals surface area (Å²) in [6.07, 6.45) is 3.54. The fourth-order valence-corrected chi connectivity index (χ4v) is 2.54. The number of carbonyl (C=O) groups is 1. The third-order valence-corrected chi connectivity index (χ3v) is 3.87. The van der Waals surface area contributed by atoms with Crippen LogP contribution in [-0.4, -0.2) is 35.8 Å². The molecule has 1 aliphatic carbocycles. The molecule has 7 heteroatoms. The Balaban J connectivity index is 1.78. The van der Waals surface area contributed by atoms with E-state index in [0.717, 1.165) is 24.2 Å². The summed E-state index contributed by atoms with van der Waals surface area (Å²) < 4.78 is 1.74. The van der Waals surface area contributed by atoms with E-state index in [9.17, 15) is 9.90 Å². The number of hydrogen-bond donors (Lipinski definition) is 2. The maximum atomic E-state index is 11.4. The first-order chi connectivity index (χ1) is 11.2. The van der Waals surface area contributed by atoms with E-state index in [4.69, 9.17) is 0 Å². The van der Waals surface area contributed by atoms with Crippen LogP contribution in [0.15, 0.2) is 36.7 Å². The standard InChI is InChI=1S/C16H15N5O2/c22-16(23)13-12(17-9-18-13)15-19-14(11-6-7-11)20-21(15)8-10-4-2-1-3-5-10/h1-5,9,11H,6-8H2,(H,17,18)(H,22,23). The zero-order chi connectivity index (χ0) is 15.8. The second-order valence-corrected chi connectivity index (χ2v) is 5.64. The first kappa shape index (κ1) is 13.7. The number of nitrogens with one attached hydrogen (secondary N) is 1. The number of H-pyrrole nitrogens is 1. The molecular weight excluding hydrogens is 294 g/mol. The van der Waals surface area contributed by atoms with Gasteiger partial charge in [-0.3, -0.25) is 0 Å². The van der Waals surface area contributed by atoms with E-state index in [1.807, 2.05) is 30.3 Å². The number of aromatic amines is 1. The fourth-order valence-electron chi connectivity index (χ4n) is 2.54. The van der Waals surface area contributed by atoms with Crippen molar-refractivity contribution in [2.24, 2.45) is 0 Å². The molecule has 2 N–H and O–H groups in total. The number of rotatable bonds is 5. The Morgan fingerprint density at radius 3 is 2.78 bits per heavy atom. The summed E-state index contributed by atoms with van der Waals surface area (Å²) in [6.45, 7) is 0.530. The van der Waals surface area contributed by atoms with Gasteiger partial charge in [0.05, 0.1) is 12.9 Å². The molecule has 116 valence electrons. The van der Waals surface area contributed by atoms with E-state index in [0.29, 0.717) is 24.0 Å². The van der Waals surface area contributed by atoms with Crippen molar-refractivity contribution in [3.63, 3.8) is 0 Å². The normalized spacial score (nSPS) is 14.1. The van der Waals surface area contributed by atoms with Crippen molar-refractivity contribution >= 4 is 5.97 Å². The molecule has 7 nitrogen and oxygen atoms in total. The van der Waals surface area contributed by atoms with Gasteiger partial charge in [-0.15, -0.1) is 0 Å². The lowest BCUT2D eigenvalue weighted by Crippen LogP contribution is -2.07. The quantitative estimate of drug-likeness (QED) is 0.753. The number of hydrogen-bond acceptors (Lipinski definition) is 4. The maximum Gasteiger partial charge on any atom is 0.354 e. The van der Waals surface area contributed by atoms with Gasteiger partial charge in [0, 0.05) is 5.92 Å². The summed E-state index contributed by atoms with van der Waals surface area (Å²) in [6, 6.07) is 9.89. The van der Waals surface area contributed by atoms with Crippen molar-refractivity contribution in [3.05, 3.63) is 53.7 Å². The van der Waals surface area contributed by atoms with Crippen molar-refractivity contribution in [3.8, 4) is 11.5 Å². The molecule has 3 aromatic rings. The van der Waals surface area contributed by atoms with Crippen molar-refractivity contribution < 1.29 is 9.90 Å². The van der Waals surface area contributed by atoms with Crippen molar-refractivity contribution in [2.75, 3.05) is 0 Å². The second kappa shape index (κ2) is 5.35. The summed E-state index contributed by atoms with van der Waals surface area (Å²) in [4.78, 5) is 22.7. The fraction of sp³-hybridized carbons (Fsp3) is 0.250. The zero-order valence-corrected chi connectivity index (χ0v) is 12.3. The van der Waals surface area contributed by atoms with Crippen LogP contribution < -0.4 is 0 Å². The Bertz CT molecular complexity index is 848. The number of nitrogens with zero attached hydrogens (tertiary/aromatic N) is 4. The molecule has 1 aliphatic rings. The minimum absolute atomic E-state index is 0.0362. The lowest BCUT2D eigenvalue weighted by Gasteiger charge is -2.05. The lowest BCUT2D eigenvalue weighted by molar-refractivity contribution is 0.0692. The highest BCUT2D eigenvalue weighted by molar-refractivity contribution is 5.91. The molecule has 0 aliphatic heterocycles. The molecular formula is C16H15N5O2. The molecule has 2 heterocycles. The SMILES string of the molecule is O=C(O)c1[nH]cnc1-c1nc(C2CC2)nn1Cc1ccccc1. The number of carboxylic acid groups (broad SMARTS) is 1. The summed E-state index contributed by atoms with van der Waals surface area (Å²) in [5.41, 5.74) is 1.44. The van der Waals surface area contributed by atoms with Gasteiger partial charge in [0.2, 0.25) is 0 Å². The van der Waals surface area contributed by atoms with Crippen molar-refractivity contribution in [1.29, 1.82) is 0 Å². The summed E-state index contributed by atoms with van der Waals surface area (Å²) >= 11 is 0. The number of aromatic carboxylic acids is 1. The van der Waals surface area contributed by atoms with Gasteiger partial charge >= 0.3 is 5.97 Å². The molecule has 0 bridgehead atoms. The van der Waals surface area contributed by atoms with Gasteiger partial charge in [-0.05, 0) is 18.4 Å². The topological polar surface area (TPSA) is 96.7 Å². The predicted octanol–water partition coefficient (Wildman–Crippen LogP) is 2.29. The van der Waals surface area contributed by atoms with E-state index >= 15 is 0 Å². The number of benzene rings is 1. The van der Waals surface area contributed by atoms with E-state index in [1.54, 1.807) is 4.68 Å². The van der Waals surface area contributed by atoms with Crippen LogP contribution in [0.25, 0.3) is 11.5 Å². The van der Waals surface area contributed by atoms with E-state index in [1.165, 1.54) is 6.33 Å². The van der Waals surface area contributed by atoms with Crippen LogP contribution in [0, 0.1) is 0 Å². The molecule has 0 saturated heterocycles. The van der Waals surface area contributed by atoms with E-state index in [2.05, 4.69) is 20.1 Å². The highest BCUT2D eigenvalue weighted by Crippen LogP contribution is 2.39. The first-order valence-electron chi connectivity index (χ1n) is 7.48. The molecule has 0 spiro atoms. The van der Waals surface area contributed by atoms with Crippen LogP contribution in [0.5, 0.6) is 0 Å². The van der Waals surface area contributed by atoms with Crippen LogP contribution in [0.4, 0.5) is 0 Å². The van der Waals surface area contributed by atoms with Gasteiger partial charge in [0.25, 0.3) is 0 Å². The largest absolute Gasteiger partial charge is 0.477 e. The average molecular weight is 309 g/mol. The van der Waals surface area contributed by atoms with Gasteiger partial charge in [0.1, 0.15) is 5.69 Å².